The van der Waals surface area contributed by atoms with Crippen molar-refractivity contribution in [2.75, 3.05) is 0 Å². The summed E-state index contributed by atoms with van der Waals surface area (Å²) in [5, 5.41) is 0.486. The fourth-order valence-electron chi connectivity index (χ4n) is 0.303. The maximum absolute atomic E-state index is 4.73. The zero-order chi connectivity index (χ0) is 5.28. The third-order valence-electron chi connectivity index (χ3n) is 1.04. The Balaban J connectivity index is 2.33. The Morgan fingerprint density at radius 1 is 1.43 bits per heavy atom. The van der Waals surface area contributed by atoms with Crippen molar-refractivity contribution in [3.8, 4) is 0 Å². The molecule has 1 saturated heterocycles. The molecule has 0 amide bonds. The molecule has 0 aromatic heterocycles. The van der Waals surface area contributed by atoms with Gasteiger partial charge in [0.1, 0.15) is 6.10 Å². The van der Waals surface area contributed by atoms with Crippen molar-refractivity contribution in [1.29, 1.82) is 0 Å². The van der Waals surface area contributed by atoms with Crippen LogP contribution in [0, 0.1) is 0 Å². The average Bonchev–Trinajstić information content (AvgIpc) is 1.91. The number of rotatable bonds is 0. The maximum Gasteiger partial charge on any atom is 0.105 e. The molecule has 0 bridgehead atoms. The van der Waals surface area contributed by atoms with Crippen LogP contribution in [0.25, 0.3) is 0 Å². The maximum atomic E-state index is 4.73. The summed E-state index contributed by atoms with van der Waals surface area (Å²) < 4.78 is 4.59. The van der Waals surface area contributed by atoms with Gasteiger partial charge in [-0.25, -0.2) is 4.89 Å². The van der Waals surface area contributed by atoms with Gasteiger partial charge in [-0.05, 0) is 13.8 Å². The van der Waals surface area contributed by atoms with E-state index in [4.69, 9.17) is 4.89 Å². The lowest BCUT2D eigenvalue weighted by Gasteiger charge is -1.97. The van der Waals surface area contributed by atoms with Gasteiger partial charge < -0.3 is 0 Å². The molecule has 1 aliphatic heterocycles. The van der Waals surface area contributed by atoms with Gasteiger partial charge in [0.05, 0.1) is 5.25 Å². The molecular weight excluding hydrogens is 112 g/mol. The van der Waals surface area contributed by atoms with Gasteiger partial charge in [0.2, 0.25) is 0 Å². The minimum atomic E-state index is 0.255. The molecule has 0 radical (unpaired) electrons. The van der Waals surface area contributed by atoms with Gasteiger partial charge in [-0.15, -0.1) is 0 Å². The fraction of sp³-hybridized carbons (Fsp3) is 1.00. The second-order valence-corrected chi connectivity index (χ2v) is 2.74. The van der Waals surface area contributed by atoms with Gasteiger partial charge in [0, 0.05) is 12.0 Å². The normalized spacial score (nSPS) is 42.0. The van der Waals surface area contributed by atoms with Crippen LogP contribution in [-0.2, 0) is 9.22 Å². The summed E-state index contributed by atoms with van der Waals surface area (Å²) in [6.45, 7) is 4.06. The molecule has 2 unspecified atom stereocenters. The molecule has 0 N–H and O–H groups in total. The molecular formula is C4H8O2S. The summed E-state index contributed by atoms with van der Waals surface area (Å²) in [6.07, 6.45) is 0.255. The van der Waals surface area contributed by atoms with Crippen LogP contribution in [-0.4, -0.2) is 11.4 Å². The molecule has 0 aromatic rings. The van der Waals surface area contributed by atoms with Crippen molar-refractivity contribution < 1.29 is 9.22 Å². The third kappa shape index (κ3) is 1.08. The highest BCUT2D eigenvalue weighted by Crippen LogP contribution is 2.25. The summed E-state index contributed by atoms with van der Waals surface area (Å²) in [6, 6.07) is 0. The monoisotopic (exact) mass is 120 g/mol. The molecule has 7 heavy (non-hydrogen) atoms. The van der Waals surface area contributed by atoms with E-state index in [9.17, 15) is 0 Å². The molecule has 0 saturated carbocycles. The molecule has 2 atom stereocenters. The van der Waals surface area contributed by atoms with Crippen molar-refractivity contribution in [2.24, 2.45) is 0 Å². The lowest BCUT2D eigenvalue weighted by Crippen LogP contribution is -2.09. The van der Waals surface area contributed by atoms with Crippen LogP contribution < -0.4 is 0 Å². The highest BCUT2D eigenvalue weighted by molar-refractivity contribution is 7.95. The summed E-state index contributed by atoms with van der Waals surface area (Å²) >= 11 is 1.38. The quantitative estimate of drug-likeness (QED) is 0.355. The van der Waals surface area contributed by atoms with E-state index in [-0.39, 0.29) is 6.10 Å². The summed E-state index contributed by atoms with van der Waals surface area (Å²) in [5.41, 5.74) is 0. The van der Waals surface area contributed by atoms with Crippen molar-refractivity contribution in [3.05, 3.63) is 0 Å². The van der Waals surface area contributed by atoms with Gasteiger partial charge in [-0.1, -0.05) is 0 Å². The Morgan fingerprint density at radius 2 is 2.14 bits per heavy atom. The Labute approximate surface area is 47.3 Å². The first kappa shape index (κ1) is 5.41. The van der Waals surface area contributed by atoms with Crippen molar-refractivity contribution >= 4 is 12.0 Å². The van der Waals surface area contributed by atoms with Gasteiger partial charge >= 0.3 is 0 Å². The van der Waals surface area contributed by atoms with Gasteiger partial charge in [-0.2, -0.15) is 4.33 Å². The van der Waals surface area contributed by atoms with Crippen LogP contribution in [0.3, 0.4) is 0 Å². The first-order valence-electron chi connectivity index (χ1n) is 2.29. The molecule has 42 valence electrons. The van der Waals surface area contributed by atoms with Crippen molar-refractivity contribution in [2.45, 2.75) is 25.2 Å². The van der Waals surface area contributed by atoms with E-state index in [0.29, 0.717) is 5.25 Å². The molecule has 1 heterocycles. The van der Waals surface area contributed by atoms with Crippen molar-refractivity contribution in [1.82, 2.24) is 0 Å². The van der Waals surface area contributed by atoms with E-state index in [1.807, 2.05) is 6.92 Å². The minimum Gasteiger partial charge on any atom is -0.220 e. The molecule has 1 rings (SSSR count). The highest BCUT2D eigenvalue weighted by Gasteiger charge is 2.22. The molecule has 0 spiro atoms. The second-order valence-electron chi connectivity index (χ2n) is 1.67. The summed E-state index contributed by atoms with van der Waals surface area (Å²) in [4.78, 5) is 4.73. The molecule has 1 fully saturated rings. The first-order valence-corrected chi connectivity index (χ1v) is 3.10. The van der Waals surface area contributed by atoms with E-state index in [2.05, 4.69) is 11.3 Å². The minimum absolute atomic E-state index is 0.255. The predicted octanol–water partition coefficient (Wildman–Crippen LogP) is 1.37. The van der Waals surface area contributed by atoms with E-state index in [0.717, 1.165) is 0 Å². The van der Waals surface area contributed by atoms with E-state index in [1.165, 1.54) is 12.0 Å². The Kier molecular flexibility index (Phi) is 1.57. The van der Waals surface area contributed by atoms with Crippen LogP contribution in [0.1, 0.15) is 13.8 Å². The van der Waals surface area contributed by atoms with E-state index >= 15 is 0 Å². The smallest absolute Gasteiger partial charge is 0.105 e. The van der Waals surface area contributed by atoms with Crippen LogP contribution in [0.2, 0.25) is 0 Å². The van der Waals surface area contributed by atoms with E-state index < -0.39 is 0 Å². The first-order chi connectivity index (χ1) is 3.30. The topological polar surface area (TPSA) is 18.5 Å². The fourth-order valence-corrected chi connectivity index (χ4v) is 0.798. The van der Waals surface area contributed by atoms with Crippen LogP contribution in [0.5, 0.6) is 0 Å². The van der Waals surface area contributed by atoms with Gasteiger partial charge in [0.25, 0.3) is 0 Å². The third-order valence-corrected chi connectivity index (χ3v) is 1.89. The van der Waals surface area contributed by atoms with Gasteiger partial charge in [0.15, 0.2) is 0 Å². The summed E-state index contributed by atoms with van der Waals surface area (Å²) in [5.74, 6) is 0. The largest absolute Gasteiger partial charge is 0.220 e. The van der Waals surface area contributed by atoms with Crippen LogP contribution in [0.4, 0.5) is 0 Å². The van der Waals surface area contributed by atoms with Crippen molar-refractivity contribution in [3.63, 3.8) is 0 Å². The Morgan fingerprint density at radius 3 is 2.29 bits per heavy atom. The number of hydrogen-bond donors (Lipinski definition) is 0. The highest BCUT2D eigenvalue weighted by atomic mass is 32.2. The lowest BCUT2D eigenvalue weighted by molar-refractivity contribution is -0.204. The second kappa shape index (κ2) is 2.03. The molecule has 2 nitrogen and oxygen atoms in total. The predicted molar refractivity (Wildman–Crippen MR) is 28.7 cm³/mol. The number of hydrogen-bond acceptors (Lipinski definition) is 3. The molecule has 3 heteroatoms. The molecule has 0 aliphatic carbocycles. The molecule has 1 aliphatic rings. The molecule has 0 aromatic carbocycles. The van der Waals surface area contributed by atoms with E-state index in [1.54, 1.807) is 0 Å². The lowest BCUT2D eigenvalue weighted by atomic mass is 10.3. The van der Waals surface area contributed by atoms with Crippen LogP contribution >= 0.6 is 12.0 Å². The Hall–Kier alpha value is 0.270. The zero-order valence-corrected chi connectivity index (χ0v) is 5.20. The standard InChI is InChI=1S/C4H8O2S/c1-3-4(2)7-6-5-3/h3-4H,1-2H3. The SMILES string of the molecule is CC1OOSC1C. The van der Waals surface area contributed by atoms with Crippen LogP contribution in [0.15, 0.2) is 0 Å². The Bertz CT molecular complexity index is 58.7. The average molecular weight is 120 g/mol. The summed E-state index contributed by atoms with van der Waals surface area (Å²) in [7, 11) is 0. The van der Waals surface area contributed by atoms with Gasteiger partial charge in [-0.3, -0.25) is 0 Å². The zero-order valence-electron chi connectivity index (χ0n) is 4.38.